The van der Waals surface area contributed by atoms with Crippen molar-refractivity contribution in [2.45, 2.75) is 19.6 Å². The van der Waals surface area contributed by atoms with Gasteiger partial charge < -0.3 is 9.47 Å². The molecule has 88 valence electrons. The molecule has 0 aliphatic rings. The Morgan fingerprint density at radius 2 is 2.06 bits per heavy atom. The molecule has 4 nitrogen and oxygen atoms in total. The van der Waals surface area contributed by atoms with Gasteiger partial charge >= 0.3 is 12.1 Å². The van der Waals surface area contributed by atoms with Gasteiger partial charge in [0.1, 0.15) is 0 Å². The van der Waals surface area contributed by atoms with Crippen LogP contribution in [0.15, 0.2) is 24.5 Å². The van der Waals surface area contributed by atoms with Crippen molar-refractivity contribution in [2.75, 3.05) is 6.61 Å². The molecule has 0 aliphatic heterocycles. The third kappa shape index (κ3) is 3.54. The Morgan fingerprint density at radius 3 is 2.62 bits per heavy atom. The molecule has 0 spiro atoms. The van der Waals surface area contributed by atoms with Crippen molar-refractivity contribution in [3.63, 3.8) is 0 Å². The smallest absolute Gasteiger partial charge is 0.456 e. The Hall–Kier alpha value is -1.56. The Labute approximate surface area is 91.2 Å². The van der Waals surface area contributed by atoms with E-state index in [0.717, 1.165) is 0 Å². The number of carbonyl (C=O) groups excluding carboxylic acids is 1. The minimum Gasteiger partial charge on any atom is -0.460 e. The van der Waals surface area contributed by atoms with E-state index in [1.54, 1.807) is 0 Å². The molecule has 0 radical (unpaired) electrons. The van der Waals surface area contributed by atoms with Crippen LogP contribution in [0, 0.1) is 0 Å². The van der Waals surface area contributed by atoms with Gasteiger partial charge in [-0.1, -0.05) is 0 Å². The lowest BCUT2D eigenvalue weighted by Gasteiger charge is -2.14. The molecule has 0 saturated carbocycles. The van der Waals surface area contributed by atoms with Crippen molar-refractivity contribution in [1.29, 1.82) is 0 Å². The molecule has 1 aromatic rings. The molecule has 0 aromatic carbocycles. The average Bonchev–Trinajstić information content (AvgIpc) is 2.28. The third-order valence-corrected chi connectivity index (χ3v) is 1.68. The number of hydrogen-bond acceptors (Lipinski definition) is 4. The second-order valence-corrected chi connectivity index (χ2v) is 2.88. The first-order chi connectivity index (χ1) is 7.56. The monoisotopic (exact) mass is 231 g/mol. The van der Waals surface area contributed by atoms with E-state index in [1.165, 1.54) is 31.5 Å². The summed E-state index contributed by atoms with van der Waals surface area (Å²) in [6.45, 7) is 0.943. The van der Waals surface area contributed by atoms with E-state index in [9.17, 15) is 13.6 Å². The van der Waals surface area contributed by atoms with Crippen molar-refractivity contribution in [3.05, 3.63) is 30.1 Å². The molecule has 0 bridgehead atoms. The lowest BCUT2D eigenvalue weighted by Crippen LogP contribution is -2.33. The molecule has 6 heteroatoms. The van der Waals surface area contributed by atoms with Crippen molar-refractivity contribution in [3.8, 4) is 0 Å². The first kappa shape index (κ1) is 12.5. The first-order valence-corrected chi connectivity index (χ1v) is 4.64. The van der Waals surface area contributed by atoms with Gasteiger partial charge in [0.25, 0.3) is 0 Å². The highest BCUT2D eigenvalue weighted by Crippen LogP contribution is 2.19. The summed E-state index contributed by atoms with van der Waals surface area (Å²) >= 11 is 0. The molecule has 0 N–H and O–H groups in total. The summed E-state index contributed by atoms with van der Waals surface area (Å²) in [5, 5.41) is 0. The lowest BCUT2D eigenvalue weighted by atomic mass is 10.3. The zero-order valence-corrected chi connectivity index (χ0v) is 8.65. The predicted octanol–water partition coefficient (Wildman–Crippen LogP) is 1.75. The topological polar surface area (TPSA) is 48.4 Å². The van der Waals surface area contributed by atoms with Gasteiger partial charge in [-0.3, -0.25) is 4.98 Å². The maximum atomic E-state index is 13.0. The molecule has 1 rings (SSSR count). The predicted molar refractivity (Wildman–Crippen MR) is 50.6 cm³/mol. The number of carbonyl (C=O) groups is 1. The van der Waals surface area contributed by atoms with Crippen LogP contribution < -0.4 is 0 Å². The second-order valence-electron chi connectivity index (χ2n) is 2.88. The van der Waals surface area contributed by atoms with E-state index in [4.69, 9.17) is 0 Å². The number of halogens is 2. The summed E-state index contributed by atoms with van der Waals surface area (Å²) in [6.07, 6.45) is -1.03. The van der Waals surface area contributed by atoms with Gasteiger partial charge in [0.05, 0.1) is 13.2 Å². The van der Waals surface area contributed by atoms with E-state index in [-0.39, 0.29) is 13.2 Å². The minimum atomic E-state index is -3.92. The van der Waals surface area contributed by atoms with E-state index < -0.39 is 12.1 Å². The molecule has 1 heterocycles. The number of alkyl halides is 2. The quantitative estimate of drug-likeness (QED) is 0.724. The summed E-state index contributed by atoms with van der Waals surface area (Å²) in [5.74, 6) is -1.68. The summed E-state index contributed by atoms with van der Waals surface area (Å²) in [4.78, 5) is 14.5. The van der Waals surface area contributed by atoms with E-state index in [2.05, 4.69) is 14.5 Å². The molecule has 0 saturated heterocycles. The van der Waals surface area contributed by atoms with Gasteiger partial charge in [-0.2, -0.15) is 8.78 Å². The van der Waals surface area contributed by atoms with Gasteiger partial charge in [-0.05, 0) is 24.6 Å². The molecular weight excluding hydrogens is 220 g/mol. The Balaban J connectivity index is 2.51. The molecular formula is C10H11F2NO3. The number of hydrogen-bond donors (Lipinski definition) is 0. The maximum absolute atomic E-state index is 13.0. The van der Waals surface area contributed by atoms with Crippen LogP contribution in [-0.4, -0.2) is 23.7 Å². The number of esters is 1. The second kappa shape index (κ2) is 5.50. The number of nitrogens with zero attached hydrogens (tertiary/aromatic N) is 1. The Morgan fingerprint density at radius 1 is 1.44 bits per heavy atom. The standard InChI is InChI=1S/C10H11F2NO3/c1-2-15-9(14)10(11,12)16-7-8-3-5-13-6-4-8/h3-6H,2,7H2,1H3. The van der Waals surface area contributed by atoms with Crippen LogP contribution in [0.5, 0.6) is 0 Å². The van der Waals surface area contributed by atoms with E-state index in [0.29, 0.717) is 5.56 Å². The highest BCUT2D eigenvalue weighted by Gasteiger charge is 2.42. The number of rotatable bonds is 5. The number of ether oxygens (including phenoxy) is 2. The summed E-state index contributed by atoms with van der Waals surface area (Å²) in [6, 6.07) is 3.03. The SMILES string of the molecule is CCOC(=O)C(F)(F)OCc1ccncc1. The van der Waals surface area contributed by atoms with Crippen molar-refractivity contribution in [2.24, 2.45) is 0 Å². The number of aromatic nitrogens is 1. The maximum Gasteiger partial charge on any atom is 0.456 e. The molecule has 0 aliphatic carbocycles. The largest absolute Gasteiger partial charge is 0.460 e. The van der Waals surface area contributed by atoms with Crippen molar-refractivity contribution >= 4 is 5.97 Å². The Bertz CT molecular complexity index is 343. The summed E-state index contributed by atoms with van der Waals surface area (Å²) in [7, 11) is 0. The molecule has 16 heavy (non-hydrogen) atoms. The minimum absolute atomic E-state index is 0.118. The summed E-state index contributed by atoms with van der Waals surface area (Å²) in [5.41, 5.74) is 0.499. The van der Waals surface area contributed by atoms with Gasteiger partial charge in [0.15, 0.2) is 0 Å². The molecule has 0 amide bonds. The zero-order valence-electron chi connectivity index (χ0n) is 8.65. The van der Waals surface area contributed by atoms with Crippen LogP contribution in [0.1, 0.15) is 12.5 Å². The van der Waals surface area contributed by atoms with Gasteiger partial charge in [-0.15, -0.1) is 0 Å². The fourth-order valence-electron chi connectivity index (χ4n) is 0.927. The van der Waals surface area contributed by atoms with Crippen molar-refractivity contribution in [1.82, 2.24) is 4.98 Å². The van der Waals surface area contributed by atoms with Gasteiger partial charge in [0, 0.05) is 12.4 Å². The van der Waals surface area contributed by atoms with Crippen LogP contribution in [0.3, 0.4) is 0 Å². The van der Waals surface area contributed by atoms with Crippen LogP contribution in [0.4, 0.5) is 8.78 Å². The van der Waals surface area contributed by atoms with E-state index in [1.807, 2.05) is 0 Å². The van der Waals surface area contributed by atoms with Gasteiger partial charge in [0.2, 0.25) is 0 Å². The molecule has 1 aromatic heterocycles. The zero-order chi connectivity index (χ0) is 12.0. The first-order valence-electron chi connectivity index (χ1n) is 4.64. The fourth-order valence-corrected chi connectivity index (χ4v) is 0.927. The number of pyridine rings is 1. The van der Waals surface area contributed by atoms with Crippen LogP contribution in [0.2, 0.25) is 0 Å². The highest BCUT2D eigenvalue weighted by molar-refractivity contribution is 5.75. The third-order valence-electron chi connectivity index (χ3n) is 1.68. The normalized spacial score (nSPS) is 11.2. The van der Waals surface area contributed by atoms with E-state index >= 15 is 0 Å². The lowest BCUT2D eigenvalue weighted by molar-refractivity contribution is -0.254. The van der Waals surface area contributed by atoms with Gasteiger partial charge in [-0.25, -0.2) is 4.79 Å². The molecule has 0 atom stereocenters. The summed E-state index contributed by atoms with van der Waals surface area (Å²) < 4.78 is 34.3. The average molecular weight is 231 g/mol. The van der Waals surface area contributed by atoms with Crippen molar-refractivity contribution < 1.29 is 23.0 Å². The van der Waals surface area contributed by atoms with Crippen LogP contribution in [0.25, 0.3) is 0 Å². The fraction of sp³-hybridized carbons (Fsp3) is 0.400. The van der Waals surface area contributed by atoms with Crippen LogP contribution >= 0.6 is 0 Å². The molecule has 0 unspecified atom stereocenters. The Kier molecular flexibility index (Phi) is 4.30. The molecule has 0 fully saturated rings. The van der Waals surface area contributed by atoms with Crippen LogP contribution in [-0.2, 0) is 20.9 Å². The highest BCUT2D eigenvalue weighted by atomic mass is 19.3.